The Morgan fingerprint density at radius 2 is 1.00 bits per heavy atom. The largest absolute Gasteiger partial charge is 0.443 e. The summed E-state index contributed by atoms with van der Waals surface area (Å²) in [6, 6.07) is 0. The molecule has 0 heterocycles. The summed E-state index contributed by atoms with van der Waals surface area (Å²) in [4.78, 5) is 0. The number of aliphatic hydroxyl groups is 2. The Morgan fingerprint density at radius 1 is 1.00 bits per heavy atom. The summed E-state index contributed by atoms with van der Waals surface area (Å²) in [6.07, 6.45) is 1.50. The number of nitrogens with zero attached hydrogens (tertiary/aromatic N) is 2. The summed E-state index contributed by atoms with van der Waals surface area (Å²) in [7, 11) is 0. The topological polar surface area (TPSA) is 88.0 Å². The van der Waals surface area contributed by atoms with E-state index in [1.165, 1.54) is 0 Å². The van der Waals surface area contributed by atoms with Crippen molar-refractivity contribution in [3.05, 3.63) is 0 Å². The van der Waals surface area contributed by atoms with Crippen LogP contribution in [0.5, 0.6) is 0 Å². The van der Waals surface area contributed by atoms with Crippen LogP contribution in [-0.2, 0) is 22.4 Å². The predicted octanol–water partition coefficient (Wildman–Crippen LogP) is -0.323. The van der Waals surface area contributed by atoms with Crippen LogP contribution < -0.4 is 0 Å². The first-order chi connectivity index (χ1) is 2.83. The number of rotatable bonds is 0. The molecule has 1 radical (unpaired) electrons. The Balaban J connectivity index is -0.0000000400. The van der Waals surface area contributed by atoms with Crippen LogP contribution in [0.25, 0.3) is 0 Å². The van der Waals surface area contributed by atoms with Gasteiger partial charge in [-0.1, -0.05) is 0 Å². The molecular weight excluding hydrogens is 192 g/mol. The molecule has 0 bridgehead atoms. The van der Waals surface area contributed by atoms with Crippen molar-refractivity contribution >= 4 is 0 Å². The van der Waals surface area contributed by atoms with Crippen molar-refractivity contribution in [2.75, 3.05) is 0 Å². The molecule has 0 atom stereocenters. The molecule has 0 aliphatic rings. The number of aliphatic hydroxyl groups excluding tert-OH is 2. The number of nitriles is 2. The molecule has 0 aromatic heterocycles. The molecule has 0 aromatic rings. The van der Waals surface area contributed by atoms with Crippen molar-refractivity contribution in [3.8, 4) is 12.5 Å². The minimum Gasteiger partial charge on any atom is -0.443 e. The summed E-state index contributed by atoms with van der Waals surface area (Å²) in [5.41, 5.74) is 0. The molecule has 4 nitrogen and oxygen atoms in total. The van der Waals surface area contributed by atoms with Crippen molar-refractivity contribution in [1.29, 1.82) is 10.5 Å². The average molecular weight is 194 g/mol. The third kappa shape index (κ3) is 127. The van der Waals surface area contributed by atoms with Crippen LogP contribution >= 0.6 is 0 Å². The van der Waals surface area contributed by atoms with E-state index in [2.05, 4.69) is 0 Å². The van der Waals surface area contributed by atoms with Gasteiger partial charge in [0.2, 0.25) is 0 Å². The summed E-state index contributed by atoms with van der Waals surface area (Å²) in [6.45, 7) is 0. The first kappa shape index (κ1) is 16.2. The van der Waals surface area contributed by atoms with Gasteiger partial charge >= 0.3 is 0 Å². The van der Waals surface area contributed by atoms with E-state index in [4.69, 9.17) is 20.7 Å². The monoisotopic (exact) mass is 193 g/mol. The molecule has 0 saturated carbocycles. The zero-order valence-electron chi connectivity index (χ0n) is 3.09. The molecule has 0 aliphatic heterocycles. The van der Waals surface area contributed by atoms with E-state index in [-0.39, 0.29) is 22.4 Å². The van der Waals surface area contributed by atoms with Gasteiger partial charge in [0.15, 0.2) is 0 Å². The van der Waals surface area contributed by atoms with Gasteiger partial charge in [0.25, 0.3) is 12.5 Å². The van der Waals surface area contributed by atoms with E-state index in [0.717, 1.165) is 12.5 Å². The summed E-state index contributed by atoms with van der Waals surface area (Å²) in [5, 5.41) is 27.5. The molecule has 0 fully saturated rings. The maximum absolute atomic E-state index is 6.88. The molecule has 43 valence electrons. The van der Waals surface area contributed by atoms with Gasteiger partial charge in [0.1, 0.15) is 0 Å². The first-order valence-electron chi connectivity index (χ1n) is 0.894. The second kappa shape index (κ2) is 57.0. The molecule has 0 rings (SSSR count). The Kier molecular flexibility index (Phi) is 132. The Bertz CT molecular complexity index is 68.7. The van der Waals surface area contributed by atoms with Crippen molar-refractivity contribution in [2.24, 2.45) is 0 Å². The summed E-state index contributed by atoms with van der Waals surface area (Å²) >= 11 is 0. The van der Waals surface area contributed by atoms with E-state index in [0.29, 0.717) is 0 Å². The van der Waals surface area contributed by atoms with E-state index in [1.54, 1.807) is 0 Å². The Labute approximate surface area is 56.1 Å². The van der Waals surface area contributed by atoms with E-state index in [9.17, 15) is 0 Å². The second-order valence-electron chi connectivity index (χ2n) is 0.200. The van der Waals surface area contributed by atoms with Crippen LogP contribution in [0.2, 0.25) is 0 Å². The summed E-state index contributed by atoms with van der Waals surface area (Å²) < 4.78 is 0. The van der Waals surface area contributed by atoms with Gasteiger partial charge in [-0.15, -0.1) is 0 Å². The SMILES string of the molecule is N#CO.N#CO.[Ag]. The van der Waals surface area contributed by atoms with E-state index < -0.39 is 0 Å². The van der Waals surface area contributed by atoms with Crippen LogP contribution in [0.4, 0.5) is 0 Å². The molecule has 0 amide bonds. The van der Waals surface area contributed by atoms with Gasteiger partial charge in [-0.3, -0.25) is 0 Å². The van der Waals surface area contributed by atoms with Crippen molar-refractivity contribution in [2.45, 2.75) is 0 Å². The number of hydrogen-bond acceptors (Lipinski definition) is 4. The fourth-order valence-electron chi connectivity index (χ4n) is 0. The van der Waals surface area contributed by atoms with Gasteiger partial charge in [-0.05, 0) is 0 Å². The standard InChI is InChI=1S/2CHNO.Ag/c2*2-1-3;/h2*3H;. The Morgan fingerprint density at radius 3 is 1.00 bits per heavy atom. The maximum Gasteiger partial charge on any atom is 0.283 e. The third-order valence-corrected chi connectivity index (χ3v) is 0. The quantitative estimate of drug-likeness (QED) is 0.408. The van der Waals surface area contributed by atoms with Crippen LogP contribution in [0, 0.1) is 23.0 Å². The van der Waals surface area contributed by atoms with Gasteiger partial charge in [0.05, 0.1) is 0 Å². The average Bonchev–Trinajstić information content (AvgIpc) is 1.39. The minimum atomic E-state index is 0. The molecule has 2 N–H and O–H groups in total. The van der Waals surface area contributed by atoms with Gasteiger partial charge in [-0.25, -0.2) is 0 Å². The zero-order valence-corrected chi connectivity index (χ0v) is 4.57. The van der Waals surface area contributed by atoms with Crippen molar-refractivity contribution < 1.29 is 32.6 Å². The predicted molar refractivity (Wildman–Crippen MR) is 15.1 cm³/mol. The van der Waals surface area contributed by atoms with Crippen LogP contribution in [-0.4, -0.2) is 10.2 Å². The molecule has 0 aromatic carbocycles. The zero-order chi connectivity index (χ0) is 5.41. The van der Waals surface area contributed by atoms with Crippen molar-refractivity contribution in [3.63, 3.8) is 0 Å². The molecule has 0 spiro atoms. The third-order valence-electron chi connectivity index (χ3n) is 0. The molecule has 5 heteroatoms. The molecule has 0 unspecified atom stereocenters. The van der Waals surface area contributed by atoms with E-state index in [1.807, 2.05) is 0 Å². The summed E-state index contributed by atoms with van der Waals surface area (Å²) in [5.74, 6) is 0. The number of hydrogen-bond donors (Lipinski definition) is 2. The first-order valence-corrected chi connectivity index (χ1v) is 0.894. The van der Waals surface area contributed by atoms with Crippen LogP contribution in [0.15, 0.2) is 0 Å². The Hall–Kier alpha value is -0.680. The minimum absolute atomic E-state index is 0. The molecule has 7 heavy (non-hydrogen) atoms. The van der Waals surface area contributed by atoms with Crippen LogP contribution in [0.1, 0.15) is 0 Å². The van der Waals surface area contributed by atoms with Gasteiger partial charge in [0, 0.05) is 22.4 Å². The molecule has 0 aliphatic carbocycles. The van der Waals surface area contributed by atoms with Crippen LogP contribution in [0.3, 0.4) is 0 Å². The molecule has 0 saturated heterocycles. The van der Waals surface area contributed by atoms with Crippen molar-refractivity contribution in [1.82, 2.24) is 0 Å². The van der Waals surface area contributed by atoms with E-state index >= 15 is 0 Å². The second-order valence-corrected chi connectivity index (χ2v) is 0.200. The fraction of sp³-hybridized carbons (Fsp3) is 0. The maximum atomic E-state index is 6.88. The molecular formula is C2H2AgN2O2. The van der Waals surface area contributed by atoms with Gasteiger partial charge in [-0.2, -0.15) is 10.5 Å². The normalized spacial score (nSPS) is 2.00. The van der Waals surface area contributed by atoms with Gasteiger partial charge < -0.3 is 10.2 Å². The smallest absolute Gasteiger partial charge is 0.283 e. The fourth-order valence-corrected chi connectivity index (χ4v) is 0.